The van der Waals surface area contributed by atoms with E-state index in [0.717, 1.165) is 32.0 Å². The maximum atomic E-state index is 12.9. The number of nitrogens with one attached hydrogen (secondary N) is 2. The van der Waals surface area contributed by atoms with Gasteiger partial charge >= 0.3 is 24.1 Å². The van der Waals surface area contributed by atoms with E-state index in [-0.39, 0.29) is 23.0 Å². The summed E-state index contributed by atoms with van der Waals surface area (Å²) in [4.78, 5) is 50.8. The SMILES string of the molecule is COC(=O)c1ccc(OC(=O)Nc2ccc(Sc3ccc(NC(=O)Oc4ccc(C(=O)OC)cc4)cc3-c3ccc(O)cc3)c(-c3ccc(O)cc3)c2)cc1. The van der Waals surface area contributed by atoms with Gasteiger partial charge in [-0.25, -0.2) is 19.2 Å². The van der Waals surface area contributed by atoms with E-state index in [9.17, 15) is 29.4 Å². The normalized spacial score (nSPS) is 10.5. The quantitative estimate of drug-likeness (QED) is 0.0983. The molecule has 6 aromatic carbocycles. The first kappa shape index (κ1) is 37.5. The average Bonchev–Trinajstić information content (AvgIpc) is 3.19. The molecule has 55 heavy (non-hydrogen) atoms. The molecule has 0 saturated heterocycles. The number of rotatable bonds is 10. The molecule has 12 nitrogen and oxygen atoms in total. The van der Waals surface area contributed by atoms with Crippen molar-refractivity contribution >= 4 is 47.3 Å². The topological polar surface area (TPSA) is 170 Å². The van der Waals surface area contributed by atoms with Crippen LogP contribution in [0.15, 0.2) is 143 Å². The van der Waals surface area contributed by atoms with Crippen molar-refractivity contribution in [2.75, 3.05) is 24.9 Å². The van der Waals surface area contributed by atoms with E-state index in [1.54, 1.807) is 72.8 Å². The molecule has 0 unspecified atom stereocenters. The number of aromatic hydroxyl groups is 2. The predicted molar refractivity (Wildman–Crippen MR) is 206 cm³/mol. The molecule has 0 aromatic heterocycles. The lowest BCUT2D eigenvalue weighted by atomic mass is 10.0. The van der Waals surface area contributed by atoms with Crippen LogP contribution in [0.1, 0.15) is 20.7 Å². The molecule has 4 N–H and O–H groups in total. The number of esters is 2. The Morgan fingerprint density at radius 3 is 1.20 bits per heavy atom. The van der Waals surface area contributed by atoms with Crippen molar-refractivity contribution in [2.24, 2.45) is 0 Å². The molecule has 0 radical (unpaired) electrons. The van der Waals surface area contributed by atoms with E-state index in [1.807, 2.05) is 12.1 Å². The maximum absolute atomic E-state index is 12.9. The fraction of sp³-hybridized carbons (Fsp3) is 0.0476. The first-order valence-corrected chi connectivity index (χ1v) is 17.3. The molecule has 6 rings (SSSR count). The van der Waals surface area contributed by atoms with Crippen molar-refractivity contribution in [3.63, 3.8) is 0 Å². The summed E-state index contributed by atoms with van der Waals surface area (Å²) in [7, 11) is 2.55. The van der Waals surface area contributed by atoms with E-state index >= 15 is 0 Å². The molecule has 0 atom stereocenters. The number of phenols is 2. The number of phenolic OH excluding ortho intramolecular Hbond substituents is 2. The Morgan fingerprint density at radius 2 is 0.855 bits per heavy atom. The first-order valence-electron chi connectivity index (χ1n) is 16.5. The van der Waals surface area contributed by atoms with Gasteiger partial charge < -0.3 is 29.2 Å². The van der Waals surface area contributed by atoms with Gasteiger partial charge in [-0.2, -0.15) is 0 Å². The van der Waals surface area contributed by atoms with Crippen LogP contribution in [0.3, 0.4) is 0 Å². The predicted octanol–water partition coefficient (Wildman–Crippen LogP) is 9.38. The Labute approximate surface area is 319 Å². The number of ether oxygens (including phenoxy) is 4. The summed E-state index contributed by atoms with van der Waals surface area (Å²) in [5.41, 5.74) is 4.44. The number of hydrogen-bond acceptors (Lipinski definition) is 11. The minimum Gasteiger partial charge on any atom is -0.508 e. The molecule has 2 amide bonds. The van der Waals surface area contributed by atoms with Gasteiger partial charge in [-0.05, 0) is 131 Å². The molecule has 6 aromatic rings. The summed E-state index contributed by atoms with van der Waals surface area (Å²) in [5, 5.41) is 25.5. The summed E-state index contributed by atoms with van der Waals surface area (Å²) >= 11 is 1.42. The van der Waals surface area contributed by atoms with Crippen LogP contribution in [0, 0.1) is 0 Å². The zero-order valence-electron chi connectivity index (χ0n) is 29.3. The molecule has 0 heterocycles. The van der Waals surface area contributed by atoms with Gasteiger partial charge in [0.1, 0.15) is 23.0 Å². The molecular formula is C42H32N2O10S. The Hall–Kier alpha value is -7.25. The van der Waals surface area contributed by atoms with Crippen LogP contribution in [-0.4, -0.2) is 48.6 Å². The van der Waals surface area contributed by atoms with Gasteiger partial charge in [0, 0.05) is 21.2 Å². The van der Waals surface area contributed by atoms with E-state index in [1.165, 1.54) is 74.5 Å². The summed E-state index contributed by atoms with van der Waals surface area (Å²) in [6, 6.07) is 35.8. The molecule has 0 bridgehead atoms. The van der Waals surface area contributed by atoms with Crippen molar-refractivity contribution in [1.29, 1.82) is 0 Å². The average molecular weight is 757 g/mol. The van der Waals surface area contributed by atoms with Crippen LogP contribution in [0.25, 0.3) is 22.3 Å². The molecule has 0 saturated carbocycles. The van der Waals surface area contributed by atoms with Crippen molar-refractivity contribution in [1.82, 2.24) is 0 Å². The Balaban J connectivity index is 1.26. The van der Waals surface area contributed by atoms with Gasteiger partial charge in [0.2, 0.25) is 0 Å². The highest BCUT2D eigenvalue weighted by Gasteiger charge is 2.17. The monoisotopic (exact) mass is 756 g/mol. The van der Waals surface area contributed by atoms with E-state index in [4.69, 9.17) is 18.9 Å². The number of hydrogen-bond donors (Lipinski definition) is 4. The van der Waals surface area contributed by atoms with Crippen LogP contribution in [0.5, 0.6) is 23.0 Å². The summed E-state index contributed by atoms with van der Waals surface area (Å²) < 4.78 is 20.3. The number of benzene rings is 6. The Morgan fingerprint density at radius 1 is 0.491 bits per heavy atom. The van der Waals surface area contributed by atoms with Gasteiger partial charge in [0.05, 0.1) is 25.3 Å². The molecule has 0 fully saturated rings. The van der Waals surface area contributed by atoms with Crippen molar-refractivity contribution in [2.45, 2.75) is 9.79 Å². The highest BCUT2D eigenvalue weighted by atomic mass is 32.2. The lowest BCUT2D eigenvalue weighted by Gasteiger charge is -2.16. The summed E-state index contributed by atoms with van der Waals surface area (Å²) in [6.07, 6.45) is -1.50. The van der Waals surface area contributed by atoms with Gasteiger partial charge in [-0.3, -0.25) is 10.6 Å². The lowest BCUT2D eigenvalue weighted by molar-refractivity contribution is 0.0592. The van der Waals surface area contributed by atoms with E-state index in [0.29, 0.717) is 22.5 Å². The second-order valence-electron chi connectivity index (χ2n) is 11.7. The van der Waals surface area contributed by atoms with Crippen LogP contribution in [0.2, 0.25) is 0 Å². The smallest absolute Gasteiger partial charge is 0.417 e. The van der Waals surface area contributed by atoms with Crippen LogP contribution in [0.4, 0.5) is 21.0 Å². The molecule has 0 aliphatic rings. The second-order valence-corrected chi connectivity index (χ2v) is 12.8. The van der Waals surface area contributed by atoms with Crippen molar-refractivity contribution in [3.05, 3.63) is 145 Å². The molecule has 0 spiro atoms. The second kappa shape index (κ2) is 17.1. The van der Waals surface area contributed by atoms with Crippen LogP contribution >= 0.6 is 11.8 Å². The standard InChI is InChI=1S/C42H32N2O10S/c1-51-39(47)27-7-17-33(18-8-27)53-41(49)43-29-11-21-37(35(23-29)25-3-13-31(45)14-4-25)55-38-22-12-30(24-36(38)26-5-15-32(46)16-6-26)44-42(50)54-34-19-9-28(10-20-34)40(48)52-2/h3-24,45-46H,1-2H3,(H,43,49)(H,44,50). The highest BCUT2D eigenvalue weighted by molar-refractivity contribution is 7.99. The van der Waals surface area contributed by atoms with Crippen LogP contribution in [-0.2, 0) is 9.47 Å². The number of carbonyl (C=O) groups is 4. The molecule has 0 aliphatic heterocycles. The fourth-order valence-corrected chi connectivity index (χ4v) is 6.38. The zero-order chi connectivity index (χ0) is 38.9. The largest absolute Gasteiger partial charge is 0.508 e. The van der Waals surface area contributed by atoms with Crippen molar-refractivity contribution < 1.29 is 48.3 Å². The Bertz CT molecular complexity index is 2180. The summed E-state index contributed by atoms with van der Waals surface area (Å²) in [5.74, 6) is -0.412. The van der Waals surface area contributed by atoms with Gasteiger partial charge in [-0.15, -0.1) is 0 Å². The number of methoxy groups -OCH3 is 2. The minimum absolute atomic E-state index is 0.0865. The fourth-order valence-electron chi connectivity index (χ4n) is 5.30. The zero-order valence-corrected chi connectivity index (χ0v) is 30.1. The third kappa shape index (κ3) is 9.60. The minimum atomic E-state index is -0.752. The molecular weight excluding hydrogens is 725 g/mol. The lowest BCUT2D eigenvalue weighted by Crippen LogP contribution is -2.17. The highest BCUT2D eigenvalue weighted by Crippen LogP contribution is 2.43. The van der Waals surface area contributed by atoms with E-state index in [2.05, 4.69) is 10.6 Å². The number of anilines is 2. The third-order valence-electron chi connectivity index (χ3n) is 8.00. The Kier molecular flexibility index (Phi) is 11.6. The van der Waals surface area contributed by atoms with Gasteiger partial charge in [0.25, 0.3) is 0 Å². The molecule has 0 aliphatic carbocycles. The van der Waals surface area contributed by atoms with Gasteiger partial charge in [-0.1, -0.05) is 36.0 Å². The number of amides is 2. The molecule has 276 valence electrons. The number of carbonyl (C=O) groups excluding carboxylic acids is 4. The first-order chi connectivity index (χ1) is 26.6. The van der Waals surface area contributed by atoms with E-state index < -0.39 is 24.1 Å². The van der Waals surface area contributed by atoms with Gasteiger partial charge in [0.15, 0.2) is 0 Å². The maximum Gasteiger partial charge on any atom is 0.417 e. The third-order valence-corrected chi connectivity index (χ3v) is 9.15. The molecule has 13 heteroatoms. The summed E-state index contributed by atoms with van der Waals surface area (Å²) in [6.45, 7) is 0. The van der Waals surface area contributed by atoms with Crippen molar-refractivity contribution in [3.8, 4) is 45.3 Å². The van der Waals surface area contributed by atoms with Crippen LogP contribution < -0.4 is 20.1 Å².